The van der Waals surface area contributed by atoms with Crippen LogP contribution in [0, 0.1) is 0 Å². The minimum atomic E-state index is 0.557. The van der Waals surface area contributed by atoms with Crippen molar-refractivity contribution in [3.8, 4) is 0 Å². The van der Waals surface area contributed by atoms with Gasteiger partial charge in [-0.2, -0.15) is 0 Å². The fraction of sp³-hybridized carbons (Fsp3) is 0.400. The molecule has 0 saturated heterocycles. The first kappa shape index (κ1) is 11.2. The number of rotatable bonds is 2. The molecule has 17 heavy (non-hydrogen) atoms. The summed E-state index contributed by atoms with van der Waals surface area (Å²) in [6.45, 7) is 4.51. The van der Waals surface area contributed by atoms with Gasteiger partial charge in [-0.05, 0) is 54.0 Å². The number of pyridine rings is 1. The van der Waals surface area contributed by atoms with Gasteiger partial charge in [-0.3, -0.25) is 4.98 Å². The molecule has 0 atom stereocenters. The Morgan fingerprint density at radius 3 is 2.71 bits per heavy atom. The fourth-order valence-electron chi connectivity index (χ4n) is 2.49. The largest absolute Gasteiger partial charge is 0.256 e. The Morgan fingerprint density at radius 2 is 2.06 bits per heavy atom. The standard InChI is InChI=1S/C15H16BrN/c1-9(2)13-8-17-14-6-5-11(16)7-12(14)15(13)10-3-4-10/h5-10H,3-4H2,1-2H3. The van der Waals surface area contributed by atoms with E-state index in [1.807, 2.05) is 0 Å². The van der Waals surface area contributed by atoms with Crippen molar-refractivity contribution in [2.24, 2.45) is 0 Å². The fourth-order valence-corrected chi connectivity index (χ4v) is 2.85. The highest BCUT2D eigenvalue weighted by atomic mass is 79.9. The lowest BCUT2D eigenvalue weighted by Gasteiger charge is -2.14. The van der Waals surface area contributed by atoms with Crippen LogP contribution >= 0.6 is 15.9 Å². The summed E-state index contributed by atoms with van der Waals surface area (Å²) in [4.78, 5) is 4.59. The van der Waals surface area contributed by atoms with Crippen LogP contribution in [0.5, 0.6) is 0 Å². The normalized spacial score (nSPS) is 15.8. The molecule has 1 aliphatic rings. The molecule has 1 saturated carbocycles. The summed E-state index contributed by atoms with van der Waals surface area (Å²) in [5.74, 6) is 1.33. The summed E-state index contributed by atoms with van der Waals surface area (Å²) in [5.41, 5.74) is 4.10. The summed E-state index contributed by atoms with van der Waals surface area (Å²) in [6.07, 6.45) is 4.76. The quantitative estimate of drug-likeness (QED) is 0.758. The molecule has 2 aromatic rings. The number of aromatic nitrogens is 1. The van der Waals surface area contributed by atoms with Crippen molar-refractivity contribution in [1.29, 1.82) is 0 Å². The van der Waals surface area contributed by atoms with E-state index < -0.39 is 0 Å². The van der Waals surface area contributed by atoms with E-state index in [-0.39, 0.29) is 0 Å². The second kappa shape index (κ2) is 4.09. The molecule has 88 valence electrons. The van der Waals surface area contributed by atoms with Crippen molar-refractivity contribution in [3.05, 3.63) is 40.0 Å². The molecule has 0 bridgehead atoms. The zero-order valence-corrected chi connectivity index (χ0v) is 11.8. The third kappa shape index (κ3) is 1.99. The lowest BCUT2D eigenvalue weighted by atomic mass is 9.93. The molecule has 1 aromatic carbocycles. The van der Waals surface area contributed by atoms with Crippen LogP contribution in [0.15, 0.2) is 28.9 Å². The Labute approximate surface area is 110 Å². The smallest absolute Gasteiger partial charge is 0.0705 e. The maximum atomic E-state index is 4.59. The van der Waals surface area contributed by atoms with Gasteiger partial charge in [0.2, 0.25) is 0 Å². The molecule has 0 spiro atoms. The third-order valence-electron chi connectivity index (χ3n) is 3.51. The summed E-state index contributed by atoms with van der Waals surface area (Å²) in [6, 6.07) is 6.40. The number of fused-ring (bicyclic) bond motifs is 1. The van der Waals surface area contributed by atoms with Crippen LogP contribution in [0.2, 0.25) is 0 Å². The zero-order valence-electron chi connectivity index (χ0n) is 10.2. The van der Waals surface area contributed by atoms with Gasteiger partial charge in [0.25, 0.3) is 0 Å². The minimum absolute atomic E-state index is 0.557. The average Bonchev–Trinajstić information content (AvgIpc) is 3.11. The first-order chi connectivity index (χ1) is 8.16. The van der Waals surface area contributed by atoms with Crippen molar-refractivity contribution >= 4 is 26.8 Å². The van der Waals surface area contributed by atoms with Crippen molar-refractivity contribution in [2.75, 3.05) is 0 Å². The highest BCUT2D eigenvalue weighted by Gasteiger charge is 2.28. The van der Waals surface area contributed by atoms with Gasteiger partial charge >= 0.3 is 0 Å². The maximum absolute atomic E-state index is 4.59. The molecule has 1 nitrogen and oxygen atoms in total. The van der Waals surface area contributed by atoms with Crippen LogP contribution < -0.4 is 0 Å². The Bertz CT molecular complexity index is 570. The van der Waals surface area contributed by atoms with Gasteiger partial charge < -0.3 is 0 Å². The van der Waals surface area contributed by atoms with Crippen LogP contribution in [0.3, 0.4) is 0 Å². The van der Waals surface area contributed by atoms with Crippen molar-refractivity contribution < 1.29 is 0 Å². The van der Waals surface area contributed by atoms with Gasteiger partial charge in [-0.1, -0.05) is 29.8 Å². The molecule has 0 N–H and O–H groups in total. The van der Waals surface area contributed by atoms with Crippen molar-refractivity contribution in [1.82, 2.24) is 4.98 Å². The predicted molar refractivity (Wildman–Crippen MR) is 75.5 cm³/mol. The zero-order chi connectivity index (χ0) is 12.0. The first-order valence-electron chi connectivity index (χ1n) is 6.25. The molecule has 0 aliphatic heterocycles. The summed E-state index contributed by atoms with van der Waals surface area (Å²) in [5, 5.41) is 1.34. The lowest BCUT2D eigenvalue weighted by molar-refractivity contribution is 0.839. The topological polar surface area (TPSA) is 12.9 Å². The maximum Gasteiger partial charge on any atom is 0.0705 e. The molecule has 2 heteroatoms. The Kier molecular flexibility index (Phi) is 2.70. The van der Waals surface area contributed by atoms with Crippen LogP contribution in [-0.2, 0) is 0 Å². The Morgan fingerprint density at radius 1 is 1.29 bits per heavy atom. The molecule has 0 unspecified atom stereocenters. The van der Waals surface area contributed by atoms with E-state index in [2.05, 4.69) is 59.2 Å². The van der Waals surface area contributed by atoms with Gasteiger partial charge in [0.1, 0.15) is 0 Å². The van der Waals surface area contributed by atoms with E-state index in [1.54, 1.807) is 5.56 Å². The first-order valence-corrected chi connectivity index (χ1v) is 7.04. The molecule has 1 aromatic heterocycles. The molecule has 1 aliphatic carbocycles. The Hall–Kier alpha value is -0.890. The third-order valence-corrected chi connectivity index (χ3v) is 4.00. The van der Waals surface area contributed by atoms with E-state index in [9.17, 15) is 0 Å². The SMILES string of the molecule is CC(C)c1cnc2ccc(Br)cc2c1C1CC1. The molecule has 0 radical (unpaired) electrons. The molecular formula is C15H16BrN. The van der Waals surface area contributed by atoms with Gasteiger partial charge in [-0.25, -0.2) is 0 Å². The Balaban J connectivity index is 2.32. The van der Waals surface area contributed by atoms with Crippen LogP contribution in [0.4, 0.5) is 0 Å². The summed E-state index contributed by atoms with van der Waals surface area (Å²) < 4.78 is 1.15. The highest BCUT2D eigenvalue weighted by molar-refractivity contribution is 9.10. The van der Waals surface area contributed by atoms with Crippen LogP contribution in [0.25, 0.3) is 10.9 Å². The van der Waals surface area contributed by atoms with E-state index >= 15 is 0 Å². The number of hydrogen-bond donors (Lipinski definition) is 0. The van der Waals surface area contributed by atoms with E-state index in [1.165, 1.54) is 23.8 Å². The van der Waals surface area contributed by atoms with Crippen molar-refractivity contribution in [2.45, 2.75) is 38.5 Å². The van der Waals surface area contributed by atoms with E-state index in [4.69, 9.17) is 0 Å². The molecular weight excluding hydrogens is 274 g/mol. The van der Waals surface area contributed by atoms with E-state index in [0.717, 1.165) is 15.9 Å². The lowest BCUT2D eigenvalue weighted by Crippen LogP contribution is -1.98. The molecule has 3 rings (SSSR count). The number of hydrogen-bond acceptors (Lipinski definition) is 1. The van der Waals surface area contributed by atoms with Gasteiger partial charge in [0, 0.05) is 16.1 Å². The second-order valence-corrected chi connectivity index (χ2v) is 6.13. The number of benzene rings is 1. The molecule has 1 heterocycles. The number of nitrogens with zero attached hydrogens (tertiary/aromatic N) is 1. The summed E-state index contributed by atoms with van der Waals surface area (Å²) in [7, 11) is 0. The highest BCUT2D eigenvalue weighted by Crippen LogP contribution is 2.46. The van der Waals surface area contributed by atoms with E-state index in [0.29, 0.717) is 5.92 Å². The van der Waals surface area contributed by atoms with Crippen LogP contribution in [0.1, 0.15) is 49.7 Å². The number of halogens is 1. The van der Waals surface area contributed by atoms with Crippen LogP contribution in [-0.4, -0.2) is 4.98 Å². The van der Waals surface area contributed by atoms with Crippen molar-refractivity contribution in [3.63, 3.8) is 0 Å². The molecule has 1 fully saturated rings. The second-order valence-electron chi connectivity index (χ2n) is 5.22. The average molecular weight is 290 g/mol. The monoisotopic (exact) mass is 289 g/mol. The van der Waals surface area contributed by atoms with Gasteiger partial charge in [-0.15, -0.1) is 0 Å². The van der Waals surface area contributed by atoms with Gasteiger partial charge in [0.15, 0.2) is 0 Å². The summed E-state index contributed by atoms with van der Waals surface area (Å²) >= 11 is 3.57. The molecule has 0 amide bonds. The van der Waals surface area contributed by atoms with Gasteiger partial charge in [0.05, 0.1) is 5.52 Å². The minimum Gasteiger partial charge on any atom is -0.256 e. The predicted octanol–water partition coefficient (Wildman–Crippen LogP) is 5.00.